The van der Waals surface area contributed by atoms with Crippen molar-refractivity contribution in [3.05, 3.63) is 59.7 Å². The molecular weight excluding hydrogens is 336 g/mol. The van der Waals surface area contributed by atoms with Crippen molar-refractivity contribution in [1.82, 2.24) is 0 Å². The Morgan fingerprint density at radius 1 is 0.500 bits per heavy atom. The van der Waals surface area contributed by atoms with Gasteiger partial charge in [0.1, 0.15) is 0 Å². The third-order valence-electron chi connectivity index (χ3n) is 7.95. The number of benzene rings is 2. The van der Waals surface area contributed by atoms with Gasteiger partial charge in [0.05, 0.1) is 0 Å². The zero-order valence-corrected chi connectivity index (χ0v) is 18.0. The van der Waals surface area contributed by atoms with Crippen molar-refractivity contribution in [2.75, 3.05) is 0 Å². The number of hydrogen-bond donors (Lipinski definition) is 0. The van der Waals surface area contributed by atoms with Crippen LogP contribution >= 0.6 is 0 Å². The molecule has 0 aliphatic heterocycles. The topological polar surface area (TPSA) is 0 Å². The van der Waals surface area contributed by atoms with Crippen LogP contribution in [0.25, 0.3) is 11.1 Å². The first-order chi connectivity index (χ1) is 13.8. The van der Waals surface area contributed by atoms with Crippen LogP contribution < -0.4 is 0 Å². The zero-order chi connectivity index (χ0) is 19.3. The molecule has 2 aromatic carbocycles. The van der Waals surface area contributed by atoms with Gasteiger partial charge in [-0.3, -0.25) is 0 Å². The summed E-state index contributed by atoms with van der Waals surface area (Å²) >= 11 is 0. The quantitative estimate of drug-likeness (QED) is 0.491. The van der Waals surface area contributed by atoms with Crippen molar-refractivity contribution in [3.8, 4) is 11.1 Å². The maximum Gasteiger partial charge on any atom is -0.0162 e. The summed E-state index contributed by atoms with van der Waals surface area (Å²) in [5.41, 5.74) is 5.85. The Morgan fingerprint density at radius 2 is 0.821 bits per heavy atom. The normalized spacial score (nSPS) is 28.2. The second-order valence-corrected chi connectivity index (χ2v) is 9.50. The van der Waals surface area contributed by atoms with E-state index in [9.17, 15) is 0 Å². The molecule has 0 radical (unpaired) electrons. The summed E-state index contributed by atoms with van der Waals surface area (Å²) in [6, 6.07) is 19.0. The van der Waals surface area contributed by atoms with Gasteiger partial charge < -0.3 is 0 Å². The Kier molecular flexibility index (Phi) is 6.55. The molecule has 0 nitrogen and oxygen atoms in total. The van der Waals surface area contributed by atoms with Crippen molar-refractivity contribution in [2.24, 2.45) is 11.8 Å². The van der Waals surface area contributed by atoms with Crippen LogP contribution in [-0.2, 0) is 0 Å². The van der Waals surface area contributed by atoms with E-state index in [1.807, 2.05) is 0 Å². The fourth-order valence-corrected chi connectivity index (χ4v) is 5.70. The molecule has 0 heteroatoms. The van der Waals surface area contributed by atoms with Gasteiger partial charge >= 0.3 is 0 Å². The van der Waals surface area contributed by atoms with Gasteiger partial charge in [-0.2, -0.15) is 0 Å². The van der Waals surface area contributed by atoms with Gasteiger partial charge in [-0.1, -0.05) is 75.2 Å². The lowest BCUT2D eigenvalue weighted by Gasteiger charge is -2.28. The summed E-state index contributed by atoms with van der Waals surface area (Å²) in [5.74, 6) is 3.53. The number of rotatable bonds is 5. The van der Waals surface area contributed by atoms with Crippen molar-refractivity contribution in [3.63, 3.8) is 0 Å². The largest absolute Gasteiger partial charge is 0.0651 e. The third kappa shape index (κ3) is 4.53. The third-order valence-corrected chi connectivity index (χ3v) is 7.95. The van der Waals surface area contributed by atoms with E-state index >= 15 is 0 Å². The van der Waals surface area contributed by atoms with Crippen molar-refractivity contribution < 1.29 is 0 Å². The molecular formula is C28H38. The molecule has 0 unspecified atom stereocenters. The van der Waals surface area contributed by atoms with Crippen LogP contribution in [0, 0.1) is 11.8 Å². The van der Waals surface area contributed by atoms with Crippen LogP contribution in [0.1, 0.15) is 101 Å². The maximum absolute atomic E-state index is 2.40. The average Bonchev–Trinajstić information content (AvgIpc) is 2.79. The molecule has 2 fully saturated rings. The summed E-state index contributed by atoms with van der Waals surface area (Å²) in [4.78, 5) is 0. The first-order valence-corrected chi connectivity index (χ1v) is 12.0. The molecule has 0 spiro atoms. The lowest BCUT2D eigenvalue weighted by molar-refractivity contribution is 0.319. The van der Waals surface area contributed by atoms with Crippen molar-refractivity contribution in [1.29, 1.82) is 0 Å². The molecule has 0 atom stereocenters. The fraction of sp³-hybridized carbons (Fsp3) is 0.571. The Morgan fingerprint density at radius 3 is 1.11 bits per heavy atom. The minimum atomic E-state index is 0.789. The standard InChI is InChI=1S/C28H38/c1-3-21-5-9-23(10-6-21)25-13-17-27(18-14-25)28-19-15-26(16-20-28)24-11-7-22(4-2)8-12-24/h13-24H,3-12H2,1-2H3. The van der Waals surface area contributed by atoms with Gasteiger partial charge in [0.25, 0.3) is 0 Å². The van der Waals surface area contributed by atoms with E-state index in [0.717, 1.165) is 23.7 Å². The lowest BCUT2D eigenvalue weighted by Crippen LogP contribution is -2.12. The lowest BCUT2D eigenvalue weighted by atomic mass is 9.77. The molecule has 2 saturated carbocycles. The predicted octanol–water partition coefficient (Wildman–Crippen LogP) is 8.72. The Labute approximate surface area is 172 Å². The van der Waals surface area contributed by atoms with Crippen LogP contribution in [0.5, 0.6) is 0 Å². The van der Waals surface area contributed by atoms with Crippen molar-refractivity contribution >= 4 is 0 Å². The molecule has 2 aliphatic carbocycles. The van der Waals surface area contributed by atoms with Crippen LogP contribution in [0.3, 0.4) is 0 Å². The molecule has 0 heterocycles. The predicted molar refractivity (Wildman–Crippen MR) is 122 cm³/mol. The molecule has 0 N–H and O–H groups in total. The monoisotopic (exact) mass is 374 g/mol. The van der Waals surface area contributed by atoms with Crippen LogP contribution in [0.2, 0.25) is 0 Å². The highest BCUT2D eigenvalue weighted by atomic mass is 14.3. The van der Waals surface area contributed by atoms with E-state index in [0.29, 0.717) is 0 Å². The first kappa shape index (κ1) is 19.7. The molecule has 0 bridgehead atoms. The van der Waals surface area contributed by atoms with Crippen molar-refractivity contribution in [2.45, 2.75) is 89.9 Å². The van der Waals surface area contributed by atoms with Gasteiger partial charge in [-0.15, -0.1) is 0 Å². The second kappa shape index (κ2) is 9.29. The van der Waals surface area contributed by atoms with E-state index < -0.39 is 0 Å². The smallest absolute Gasteiger partial charge is 0.0162 e. The van der Waals surface area contributed by atoms with E-state index in [4.69, 9.17) is 0 Å². The highest BCUT2D eigenvalue weighted by Crippen LogP contribution is 2.39. The van der Waals surface area contributed by atoms with E-state index in [1.54, 1.807) is 11.1 Å². The molecule has 2 aromatic rings. The van der Waals surface area contributed by atoms with Crippen LogP contribution in [0.15, 0.2) is 48.5 Å². The Hall–Kier alpha value is -1.56. The zero-order valence-electron chi connectivity index (χ0n) is 18.0. The number of hydrogen-bond acceptors (Lipinski definition) is 0. The Balaban J connectivity index is 1.38. The SMILES string of the molecule is CCC1CCC(c2ccc(-c3ccc(C4CCC(CC)CC4)cc3)cc2)CC1. The fourth-order valence-electron chi connectivity index (χ4n) is 5.70. The van der Waals surface area contributed by atoms with Crippen LogP contribution in [-0.4, -0.2) is 0 Å². The Bertz CT molecular complexity index is 642. The van der Waals surface area contributed by atoms with Gasteiger partial charge in [-0.05, 0) is 97.3 Å². The molecule has 0 aromatic heterocycles. The van der Waals surface area contributed by atoms with Gasteiger partial charge in [0.15, 0.2) is 0 Å². The molecule has 4 rings (SSSR count). The molecule has 0 saturated heterocycles. The highest BCUT2D eigenvalue weighted by molar-refractivity contribution is 5.64. The molecule has 0 amide bonds. The summed E-state index contributed by atoms with van der Waals surface area (Å²) in [6.07, 6.45) is 13.9. The minimum absolute atomic E-state index is 0.789. The first-order valence-electron chi connectivity index (χ1n) is 12.0. The maximum atomic E-state index is 2.40. The molecule has 2 aliphatic rings. The van der Waals surface area contributed by atoms with Gasteiger partial charge in [0.2, 0.25) is 0 Å². The van der Waals surface area contributed by atoms with Crippen LogP contribution in [0.4, 0.5) is 0 Å². The van der Waals surface area contributed by atoms with Gasteiger partial charge in [-0.25, -0.2) is 0 Å². The van der Waals surface area contributed by atoms with Gasteiger partial charge in [0, 0.05) is 0 Å². The summed E-state index contributed by atoms with van der Waals surface area (Å²) in [5, 5.41) is 0. The summed E-state index contributed by atoms with van der Waals surface area (Å²) in [6.45, 7) is 4.70. The molecule has 150 valence electrons. The summed E-state index contributed by atoms with van der Waals surface area (Å²) in [7, 11) is 0. The van der Waals surface area contributed by atoms with E-state index in [1.165, 1.54) is 75.3 Å². The van der Waals surface area contributed by atoms with E-state index in [2.05, 4.69) is 62.4 Å². The second-order valence-electron chi connectivity index (χ2n) is 9.50. The minimum Gasteiger partial charge on any atom is -0.0651 e. The summed E-state index contributed by atoms with van der Waals surface area (Å²) < 4.78 is 0. The molecule has 28 heavy (non-hydrogen) atoms. The average molecular weight is 375 g/mol. The highest BCUT2D eigenvalue weighted by Gasteiger charge is 2.22. The van der Waals surface area contributed by atoms with E-state index in [-0.39, 0.29) is 0 Å².